The molecule has 1 saturated heterocycles. The highest BCUT2D eigenvalue weighted by atomic mass is 19.1. The number of anilines is 1. The van der Waals surface area contributed by atoms with Gasteiger partial charge in [-0.2, -0.15) is 4.98 Å². The monoisotopic (exact) mass is 454 g/mol. The Labute approximate surface area is 191 Å². The molecule has 2 aliphatic rings. The second-order valence-electron chi connectivity index (χ2n) is 8.44. The zero-order chi connectivity index (χ0) is 23.5. The van der Waals surface area contributed by atoms with Crippen molar-refractivity contribution in [3.63, 3.8) is 0 Å². The van der Waals surface area contributed by atoms with Gasteiger partial charge < -0.3 is 20.7 Å². The fourth-order valence-corrected chi connectivity index (χ4v) is 4.50. The number of fused-ring (bicyclic) bond motifs is 1. The number of hydrogen-bond donors (Lipinski definition) is 2. The number of Topliss-reactive ketones (excluding diaryl/α,β-unsaturated/α-hetero) is 1. The summed E-state index contributed by atoms with van der Waals surface area (Å²) in [6, 6.07) is 8.14. The molecule has 4 rings (SSSR count). The number of halogens is 1. The molecule has 3 heterocycles. The number of nitrogens with two attached hydrogens (primary N) is 1. The molecule has 2 aromatic rings. The van der Waals surface area contributed by atoms with Crippen LogP contribution in [0.3, 0.4) is 0 Å². The van der Waals surface area contributed by atoms with Gasteiger partial charge in [-0.05, 0) is 55.9 Å². The molecule has 0 radical (unpaired) electrons. The van der Waals surface area contributed by atoms with Gasteiger partial charge in [0.15, 0.2) is 0 Å². The Kier molecular flexibility index (Phi) is 6.57. The summed E-state index contributed by atoms with van der Waals surface area (Å²) in [6.07, 6.45) is 2.50. The number of ether oxygens (including phenoxy) is 1. The molecule has 2 aliphatic heterocycles. The molecule has 8 nitrogen and oxygen atoms in total. The topological polar surface area (TPSA) is 115 Å². The van der Waals surface area contributed by atoms with Gasteiger partial charge in [-0.1, -0.05) is 12.1 Å². The maximum Gasteiger partial charge on any atom is 0.285 e. The number of amides is 2. The third-order valence-electron chi connectivity index (χ3n) is 6.28. The molecule has 0 saturated carbocycles. The van der Waals surface area contributed by atoms with Crippen molar-refractivity contribution in [3.05, 3.63) is 52.8 Å². The number of hydrogen-bond acceptors (Lipinski definition) is 6. The van der Waals surface area contributed by atoms with Crippen molar-refractivity contribution in [2.24, 2.45) is 11.7 Å². The van der Waals surface area contributed by atoms with Crippen molar-refractivity contribution in [1.29, 1.82) is 0 Å². The highest BCUT2D eigenvalue weighted by molar-refractivity contribution is 6.38. The van der Waals surface area contributed by atoms with E-state index in [0.29, 0.717) is 37.0 Å². The van der Waals surface area contributed by atoms with E-state index in [1.165, 1.54) is 12.1 Å². The van der Waals surface area contributed by atoms with Gasteiger partial charge in [0.2, 0.25) is 11.7 Å². The van der Waals surface area contributed by atoms with Crippen molar-refractivity contribution in [3.8, 4) is 5.88 Å². The number of nitrogens with one attached hydrogen (secondary N) is 1. The molecule has 0 bridgehead atoms. The lowest BCUT2D eigenvalue weighted by molar-refractivity contribution is -0.136. The van der Waals surface area contributed by atoms with Crippen molar-refractivity contribution in [2.45, 2.75) is 32.1 Å². The standard InChI is InChI=1S/C24H27FN4O4/c1-2-33-23-18(12-17-19(20(30)21(26)31)13-27-22(17)28-23)24(32)29-9-7-15(8-10-29)11-14-3-5-16(25)6-4-14/h3-6,12,15,19H,2,7-11,13H2,1H3,(H2,26,31)(H,27,28). The summed E-state index contributed by atoms with van der Waals surface area (Å²) in [5.41, 5.74) is 7.03. The van der Waals surface area contributed by atoms with E-state index in [4.69, 9.17) is 10.5 Å². The minimum atomic E-state index is -1.01. The molecule has 1 aromatic carbocycles. The van der Waals surface area contributed by atoms with Crippen molar-refractivity contribution >= 4 is 23.4 Å². The van der Waals surface area contributed by atoms with Gasteiger partial charge in [-0.15, -0.1) is 0 Å². The van der Waals surface area contributed by atoms with E-state index in [0.717, 1.165) is 24.8 Å². The van der Waals surface area contributed by atoms with Crippen molar-refractivity contribution < 1.29 is 23.5 Å². The molecule has 174 valence electrons. The number of piperidine rings is 1. The quantitative estimate of drug-likeness (QED) is 0.621. The summed E-state index contributed by atoms with van der Waals surface area (Å²) in [6.45, 7) is 3.49. The van der Waals surface area contributed by atoms with Crippen LogP contribution in [0.1, 0.15) is 47.2 Å². The largest absolute Gasteiger partial charge is 0.477 e. The molecule has 33 heavy (non-hydrogen) atoms. The molecule has 9 heteroatoms. The van der Waals surface area contributed by atoms with E-state index in [9.17, 15) is 18.8 Å². The van der Waals surface area contributed by atoms with Crippen LogP contribution in [-0.2, 0) is 16.0 Å². The van der Waals surface area contributed by atoms with E-state index < -0.39 is 17.6 Å². The lowest BCUT2D eigenvalue weighted by Gasteiger charge is -2.32. The number of benzene rings is 1. The first kappa shape index (κ1) is 22.7. The number of nitrogens with zero attached hydrogens (tertiary/aromatic N) is 2. The number of ketones is 1. The Morgan fingerprint density at radius 1 is 1.21 bits per heavy atom. The highest BCUT2D eigenvalue weighted by Crippen LogP contribution is 2.35. The normalized spacial score (nSPS) is 17.9. The van der Waals surface area contributed by atoms with Gasteiger partial charge in [0.05, 0.1) is 12.5 Å². The summed E-state index contributed by atoms with van der Waals surface area (Å²) >= 11 is 0. The summed E-state index contributed by atoms with van der Waals surface area (Å²) in [5, 5.41) is 2.99. The maximum atomic E-state index is 13.4. The first-order chi connectivity index (χ1) is 15.9. The van der Waals surface area contributed by atoms with Crippen molar-refractivity contribution in [1.82, 2.24) is 9.88 Å². The predicted octanol–water partition coefficient (Wildman–Crippen LogP) is 2.28. The lowest BCUT2D eigenvalue weighted by atomic mass is 9.90. The van der Waals surface area contributed by atoms with Crippen LogP contribution in [0.2, 0.25) is 0 Å². The number of pyridine rings is 1. The van der Waals surface area contributed by atoms with Gasteiger partial charge in [0, 0.05) is 25.2 Å². The molecule has 0 aliphatic carbocycles. The third-order valence-corrected chi connectivity index (χ3v) is 6.28. The lowest BCUT2D eigenvalue weighted by Crippen LogP contribution is -2.39. The number of rotatable bonds is 7. The van der Waals surface area contributed by atoms with E-state index in [2.05, 4.69) is 10.3 Å². The van der Waals surface area contributed by atoms with E-state index in [1.54, 1.807) is 30.0 Å². The molecule has 1 atom stereocenters. The summed E-state index contributed by atoms with van der Waals surface area (Å²) in [4.78, 5) is 43.2. The Balaban J connectivity index is 1.49. The maximum absolute atomic E-state index is 13.4. The smallest absolute Gasteiger partial charge is 0.285 e. The van der Waals surface area contributed by atoms with E-state index in [-0.39, 0.29) is 29.7 Å². The van der Waals surface area contributed by atoms with Gasteiger partial charge >= 0.3 is 0 Å². The molecule has 0 spiro atoms. The number of primary amides is 1. The fourth-order valence-electron chi connectivity index (χ4n) is 4.50. The zero-order valence-electron chi connectivity index (χ0n) is 18.5. The predicted molar refractivity (Wildman–Crippen MR) is 120 cm³/mol. The van der Waals surface area contributed by atoms with Crippen LogP contribution in [-0.4, -0.2) is 53.7 Å². The Morgan fingerprint density at radius 3 is 2.55 bits per heavy atom. The molecular weight excluding hydrogens is 427 g/mol. The van der Waals surface area contributed by atoms with Gasteiger partial charge in [0.25, 0.3) is 11.8 Å². The van der Waals surface area contributed by atoms with Crippen LogP contribution in [0.5, 0.6) is 5.88 Å². The average Bonchev–Trinajstić information content (AvgIpc) is 3.22. The number of carbonyl (C=O) groups is 3. The Morgan fingerprint density at radius 2 is 1.91 bits per heavy atom. The number of carbonyl (C=O) groups excluding carboxylic acids is 3. The molecular formula is C24H27FN4O4. The molecule has 1 aromatic heterocycles. The van der Waals surface area contributed by atoms with Gasteiger partial charge in [-0.25, -0.2) is 4.39 Å². The second-order valence-corrected chi connectivity index (χ2v) is 8.44. The van der Waals surface area contributed by atoms with Crippen LogP contribution in [0.15, 0.2) is 30.3 Å². The molecule has 1 fully saturated rings. The van der Waals surface area contributed by atoms with E-state index in [1.807, 2.05) is 0 Å². The van der Waals surface area contributed by atoms with Crippen LogP contribution in [0.4, 0.5) is 10.2 Å². The molecule has 1 unspecified atom stereocenters. The average molecular weight is 455 g/mol. The van der Waals surface area contributed by atoms with Gasteiger partial charge in [-0.3, -0.25) is 14.4 Å². The summed E-state index contributed by atoms with van der Waals surface area (Å²) in [7, 11) is 0. The Hall–Kier alpha value is -3.49. The Bertz CT molecular complexity index is 1060. The van der Waals surface area contributed by atoms with Crippen LogP contribution < -0.4 is 15.8 Å². The zero-order valence-corrected chi connectivity index (χ0v) is 18.5. The van der Waals surface area contributed by atoms with Gasteiger partial charge in [0.1, 0.15) is 17.2 Å². The molecule has 2 amide bonds. The first-order valence-corrected chi connectivity index (χ1v) is 11.2. The minimum Gasteiger partial charge on any atom is -0.477 e. The summed E-state index contributed by atoms with van der Waals surface area (Å²) in [5.74, 6) is -1.93. The summed E-state index contributed by atoms with van der Waals surface area (Å²) < 4.78 is 18.8. The highest BCUT2D eigenvalue weighted by Gasteiger charge is 2.35. The number of likely N-dealkylation sites (tertiary alicyclic amines) is 1. The van der Waals surface area contributed by atoms with Crippen LogP contribution in [0.25, 0.3) is 0 Å². The number of aromatic nitrogens is 1. The fraction of sp³-hybridized carbons (Fsp3) is 0.417. The first-order valence-electron chi connectivity index (χ1n) is 11.2. The molecule has 3 N–H and O–H groups in total. The van der Waals surface area contributed by atoms with Crippen LogP contribution >= 0.6 is 0 Å². The third kappa shape index (κ3) is 4.81. The van der Waals surface area contributed by atoms with E-state index >= 15 is 0 Å². The minimum absolute atomic E-state index is 0.197. The SMILES string of the molecule is CCOc1nc2c(cc1C(=O)N1CCC(Cc3ccc(F)cc3)CC1)C(C(=O)C(N)=O)CN2. The van der Waals surface area contributed by atoms with Crippen LogP contribution in [0, 0.1) is 11.7 Å². The van der Waals surface area contributed by atoms with Crippen molar-refractivity contribution in [2.75, 3.05) is 31.6 Å². The second kappa shape index (κ2) is 9.56.